The van der Waals surface area contributed by atoms with Crippen LogP contribution in [0, 0.1) is 11.3 Å². The van der Waals surface area contributed by atoms with E-state index in [9.17, 15) is 0 Å². The first-order valence-electron chi connectivity index (χ1n) is 6.81. The molecule has 2 atom stereocenters. The lowest BCUT2D eigenvalue weighted by atomic mass is 9.99. The fourth-order valence-electron chi connectivity index (χ4n) is 1.92. The molecule has 2 unspecified atom stereocenters. The SMILES string of the molecule is CC(=N)CC(=NC(C)C(C)CCO)c1ccccc1. The second kappa shape index (κ2) is 7.85. The van der Waals surface area contributed by atoms with E-state index < -0.39 is 0 Å². The topological polar surface area (TPSA) is 56.4 Å². The monoisotopic (exact) mass is 260 g/mol. The van der Waals surface area contributed by atoms with E-state index in [-0.39, 0.29) is 12.6 Å². The second-order valence-electron chi connectivity index (χ2n) is 5.13. The van der Waals surface area contributed by atoms with Gasteiger partial charge in [-0.15, -0.1) is 0 Å². The lowest BCUT2D eigenvalue weighted by Crippen LogP contribution is -2.17. The predicted molar refractivity (Wildman–Crippen MR) is 81.3 cm³/mol. The molecule has 1 rings (SSSR count). The largest absolute Gasteiger partial charge is 0.396 e. The molecule has 104 valence electrons. The van der Waals surface area contributed by atoms with Crippen LogP contribution in [-0.2, 0) is 0 Å². The van der Waals surface area contributed by atoms with Gasteiger partial charge >= 0.3 is 0 Å². The fraction of sp³-hybridized carbons (Fsp3) is 0.500. The first kappa shape index (κ1) is 15.6. The van der Waals surface area contributed by atoms with E-state index in [4.69, 9.17) is 15.5 Å². The van der Waals surface area contributed by atoms with Gasteiger partial charge in [0.15, 0.2) is 0 Å². The highest BCUT2D eigenvalue weighted by Gasteiger charge is 2.13. The smallest absolute Gasteiger partial charge is 0.0501 e. The zero-order valence-electron chi connectivity index (χ0n) is 12.1. The van der Waals surface area contributed by atoms with Crippen molar-refractivity contribution < 1.29 is 5.11 Å². The summed E-state index contributed by atoms with van der Waals surface area (Å²) in [7, 11) is 0. The summed E-state index contributed by atoms with van der Waals surface area (Å²) >= 11 is 0. The van der Waals surface area contributed by atoms with Crippen LogP contribution in [0.5, 0.6) is 0 Å². The first-order chi connectivity index (χ1) is 9.04. The number of nitrogens with one attached hydrogen (secondary N) is 1. The van der Waals surface area contributed by atoms with Crippen LogP contribution >= 0.6 is 0 Å². The molecule has 0 aliphatic carbocycles. The fourth-order valence-corrected chi connectivity index (χ4v) is 1.92. The Hall–Kier alpha value is -1.48. The van der Waals surface area contributed by atoms with Crippen LogP contribution in [0.25, 0.3) is 0 Å². The van der Waals surface area contributed by atoms with E-state index in [0.29, 0.717) is 18.1 Å². The van der Waals surface area contributed by atoms with Crippen LogP contribution in [0.4, 0.5) is 0 Å². The van der Waals surface area contributed by atoms with E-state index in [2.05, 4.69) is 13.8 Å². The average Bonchev–Trinajstić information content (AvgIpc) is 2.38. The van der Waals surface area contributed by atoms with Gasteiger partial charge in [0, 0.05) is 24.5 Å². The summed E-state index contributed by atoms with van der Waals surface area (Å²) in [6, 6.07) is 10.2. The molecule has 0 spiro atoms. The van der Waals surface area contributed by atoms with Crippen molar-refractivity contribution in [3.8, 4) is 0 Å². The van der Waals surface area contributed by atoms with E-state index in [1.165, 1.54) is 0 Å². The molecule has 0 radical (unpaired) electrons. The predicted octanol–water partition coefficient (Wildman–Crippen LogP) is 3.31. The van der Waals surface area contributed by atoms with Crippen molar-refractivity contribution in [1.29, 1.82) is 5.41 Å². The third kappa shape index (κ3) is 5.35. The summed E-state index contributed by atoms with van der Waals surface area (Å²) in [5.41, 5.74) is 2.66. The van der Waals surface area contributed by atoms with Gasteiger partial charge in [0.2, 0.25) is 0 Å². The van der Waals surface area contributed by atoms with Gasteiger partial charge in [0.1, 0.15) is 0 Å². The van der Waals surface area contributed by atoms with Gasteiger partial charge in [0.25, 0.3) is 0 Å². The van der Waals surface area contributed by atoms with Crippen molar-refractivity contribution in [1.82, 2.24) is 0 Å². The van der Waals surface area contributed by atoms with Gasteiger partial charge < -0.3 is 10.5 Å². The highest BCUT2D eigenvalue weighted by Crippen LogP contribution is 2.14. The molecule has 0 fully saturated rings. The zero-order valence-corrected chi connectivity index (χ0v) is 12.1. The minimum absolute atomic E-state index is 0.154. The summed E-state index contributed by atoms with van der Waals surface area (Å²) in [6.45, 7) is 6.18. The molecule has 0 saturated carbocycles. The van der Waals surface area contributed by atoms with Gasteiger partial charge in [-0.05, 0) is 31.7 Å². The van der Waals surface area contributed by atoms with Crippen molar-refractivity contribution >= 4 is 11.4 Å². The Kier molecular flexibility index (Phi) is 6.43. The zero-order chi connectivity index (χ0) is 14.3. The third-order valence-electron chi connectivity index (χ3n) is 3.31. The Labute approximate surface area is 115 Å². The second-order valence-corrected chi connectivity index (χ2v) is 5.13. The van der Waals surface area contributed by atoms with Gasteiger partial charge in [-0.1, -0.05) is 37.3 Å². The Morgan fingerprint density at radius 3 is 2.42 bits per heavy atom. The molecular weight excluding hydrogens is 236 g/mol. The molecule has 19 heavy (non-hydrogen) atoms. The molecule has 3 nitrogen and oxygen atoms in total. The van der Waals surface area contributed by atoms with E-state index in [1.54, 1.807) is 6.92 Å². The van der Waals surface area contributed by atoms with Crippen LogP contribution in [0.15, 0.2) is 35.3 Å². The maximum Gasteiger partial charge on any atom is 0.0501 e. The number of hydrogen-bond donors (Lipinski definition) is 2. The lowest BCUT2D eigenvalue weighted by molar-refractivity contribution is 0.253. The molecule has 3 heteroatoms. The van der Waals surface area contributed by atoms with Gasteiger partial charge in [0.05, 0.1) is 6.04 Å². The van der Waals surface area contributed by atoms with Crippen LogP contribution < -0.4 is 0 Å². The average molecular weight is 260 g/mol. The van der Waals surface area contributed by atoms with Crippen molar-refractivity contribution in [2.45, 2.75) is 39.7 Å². The summed E-state index contributed by atoms with van der Waals surface area (Å²) in [5, 5.41) is 16.7. The summed E-state index contributed by atoms with van der Waals surface area (Å²) in [4.78, 5) is 4.77. The standard InChI is InChI=1S/C16H24N2O/c1-12(9-10-19)14(3)18-16(11-13(2)17)15-7-5-4-6-8-15/h4-8,12,14,17,19H,9-11H2,1-3H3. The van der Waals surface area contributed by atoms with Crippen LogP contribution in [-0.4, -0.2) is 29.2 Å². The molecule has 0 aromatic heterocycles. The highest BCUT2D eigenvalue weighted by molar-refractivity contribution is 6.11. The maximum atomic E-state index is 9.00. The number of aliphatic hydroxyl groups is 1. The van der Waals surface area contributed by atoms with Gasteiger partial charge in [-0.25, -0.2) is 0 Å². The van der Waals surface area contributed by atoms with Crippen molar-refractivity contribution in [2.24, 2.45) is 10.9 Å². The Morgan fingerprint density at radius 2 is 1.89 bits per heavy atom. The molecule has 0 saturated heterocycles. The molecular formula is C16H24N2O. The Balaban J connectivity index is 2.94. The van der Waals surface area contributed by atoms with Crippen molar-refractivity contribution in [2.75, 3.05) is 6.61 Å². The Bertz CT molecular complexity index is 426. The number of aliphatic imine (C=N–C) groups is 1. The molecule has 0 aliphatic rings. The van der Waals surface area contributed by atoms with Crippen molar-refractivity contribution in [3.63, 3.8) is 0 Å². The maximum absolute atomic E-state index is 9.00. The van der Waals surface area contributed by atoms with Gasteiger partial charge in [-0.2, -0.15) is 0 Å². The lowest BCUT2D eigenvalue weighted by Gasteiger charge is -2.17. The molecule has 1 aromatic carbocycles. The quantitative estimate of drug-likeness (QED) is 0.726. The number of aliphatic hydroxyl groups excluding tert-OH is 1. The number of rotatable bonds is 7. The highest BCUT2D eigenvalue weighted by atomic mass is 16.3. The normalized spacial score (nSPS) is 15.1. The van der Waals surface area contributed by atoms with E-state index >= 15 is 0 Å². The van der Waals surface area contributed by atoms with Gasteiger partial charge in [-0.3, -0.25) is 4.99 Å². The van der Waals surface area contributed by atoms with Crippen LogP contribution in [0.2, 0.25) is 0 Å². The molecule has 0 amide bonds. The molecule has 1 aromatic rings. The molecule has 0 heterocycles. The summed E-state index contributed by atoms with van der Waals surface area (Å²) < 4.78 is 0. The first-order valence-corrected chi connectivity index (χ1v) is 6.81. The van der Waals surface area contributed by atoms with E-state index in [0.717, 1.165) is 17.7 Å². The van der Waals surface area contributed by atoms with Crippen LogP contribution in [0.3, 0.4) is 0 Å². The summed E-state index contributed by atoms with van der Waals surface area (Å²) in [6.07, 6.45) is 1.34. The third-order valence-corrected chi connectivity index (χ3v) is 3.31. The molecule has 2 N–H and O–H groups in total. The van der Waals surface area contributed by atoms with Crippen LogP contribution in [0.1, 0.15) is 39.2 Å². The van der Waals surface area contributed by atoms with Crippen molar-refractivity contribution in [3.05, 3.63) is 35.9 Å². The molecule has 0 aliphatic heterocycles. The minimum atomic E-state index is 0.154. The molecule has 0 bridgehead atoms. The van der Waals surface area contributed by atoms with E-state index in [1.807, 2.05) is 30.3 Å². The number of hydrogen-bond acceptors (Lipinski definition) is 3. The number of nitrogens with zero attached hydrogens (tertiary/aromatic N) is 1. The Morgan fingerprint density at radius 1 is 1.26 bits per heavy atom. The minimum Gasteiger partial charge on any atom is -0.396 e. The number of benzene rings is 1. The summed E-state index contributed by atoms with van der Waals surface area (Å²) in [5.74, 6) is 0.342.